The molecule has 1 aromatic heterocycles. The maximum Gasteiger partial charge on any atom is 0.250 e. The van der Waals surface area contributed by atoms with E-state index in [9.17, 15) is 9.59 Å². The minimum atomic E-state index is -2.52. The van der Waals surface area contributed by atoms with Crippen LogP contribution in [0.5, 0.6) is 11.5 Å². The van der Waals surface area contributed by atoms with E-state index in [1.54, 1.807) is 0 Å². The number of carbonyl (C=O) groups is 2. The van der Waals surface area contributed by atoms with Crippen LogP contribution in [-0.2, 0) is 0 Å². The van der Waals surface area contributed by atoms with Crippen molar-refractivity contribution in [2.24, 2.45) is 0 Å². The summed E-state index contributed by atoms with van der Waals surface area (Å²) in [6.45, 7) is 19.8. The van der Waals surface area contributed by atoms with Crippen molar-refractivity contribution in [2.45, 2.75) is 77.8 Å². The van der Waals surface area contributed by atoms with E-state index >= 15 is 0 Å². The van der Waals surface area contributed by atoms with Crippen molar-refractivity contribution in [3.8, 4) is 11.5 Å². The Hall–Kier alpha value is -2.91. The number of rotatable bonds is 8. The highest BCUT2D eigenvalue weighted by Crippen LogP contribution is 2.38. The van der Waals surface area contributed by atoms with Crippen LogP contribution in [0, 0.1) is 0 Å². The summed E-state index contributed by atoms with van der Waals surface area (Å²) in [5.41, 5.74) is -1.02. The molecular formula is C30H41NO4Si2. The summed E-state index contributed by atoms with van der Waals surface area (Å²) >= 11 is 0. The monoisotopic (exact) mass is 541 g/mol. The second-order valence-corrected chi connectivity index (χ2v) is 21.6. The molecule has 5 nitrogen and oxygen atoms in total. The molecule has 0 saturated carbocycles. The molecule has 0 unspecified atom stereocenters. The van der Waals surface area contributed by atoms with Crippen LogP contribution >= 0.6 is 0 Å². The van der Waals surface area contributed by atoms with E-state index in [2.05, 4.69) is 4.98 Å². The first kappa shape index (κ1) is 21.1. The number of hydrogen-bond donors (Lipinski definition) is 1. The zero-order valence-corrected chi connectivity index (χ0v) is 25.4. The molecule has 1 N–H and O–H groups in total. The number of H-pyrrole nitrogens is 1. The first-order chi connectivity index (χ1) is 19.4. The smallest absolute Gasteiger partial charge is 0.250 e. The molecule has 1 heterocycles. The van der Waals surface area contributed by atoms with Crippen LogP contribution < -0.4 is 8.85 Å². The molecule has 3 aromatic rings. The van der Waals surface area contributed by atoms with Gasteiger partial charge in [0, 0.05) is 17.3 Å². The minimum absolute atomic E-state index is 0.0882. The van der Waals surface area contributed by atoms with Gasteiger partial charge in [-0.15, -0.1) is 0 Å². The van der Waals surface area contributed by atoms with Crippen molar-refractivity contribution in [3.63, 3.8) is 0 Å². The van der Waals surface area contributed by atoms with Crippen LogP contribution in [0.4, 0.5) is 0 Å². The van der Waals surface area contributed by atoms with Gasteiger partial charge in [-0.05, 0) is 66.5 Å². The number of nitrogens with one attached hydrogen (secondary N) is 1. The third-order valence-corrected chi connectivity index (χ3v) is 16.0. The maximum atomic E-state index is 13.9. The number of aromatic amines is 1. The summed E-state index contributed by atoms with van der Waals surface area (Å²) in [6, 6.07) is 1.77. The van der Waals surface area contributed by atoms with Gasteiger partial charge in [-0.2, -0.15) is 0 Å². The molecule has 0 spiro atoms. The highest BCUT2D eigenvalue weighted by molar-refractivity contribution is 6.75. The summed E-state index contributed by atoms with van der Waals surface area (Å²) in [6.07, 6.45) is 1.36. The Labute approximate surface area is 232 Å². The Morgan fingerprint density at radius 2 is 1.19 bits per heavy atom. The summed E-state index contributed by atoms with van der Waals surface area (Å²) in [4.78, 5) is 30.4. The second kappa shape index (κ2) is 10.1. The minimum Gasteiger partial charge on any atom is -0.543 e. The Kier molecular flexibility index (Phi) is 5.75. The SMILES string of the molecule is [2H]c1cc([2H])c(C(=O)c2cc[nH]c2C(=O)c2c([2H])cc([2H])c(O[Si](C)(C)C(C)(C)C)c2[2H])c([2H])c1O[Si](C)(C)C(C)(C)C. The quantitative estimate of drug-likeness (QED) is 0.230. The molecule has 0 aliphatic rings. The Bertz CT molecular complexity index is 1490. The fraction of sp³-hybridized carbons (Fsp3) is 0.400. The van der Waals surface area contributed by atoms with Crippen LogP contribution in [0.15, 0.2) is 60.7 Å². The van der Waals surface area contributed by atoms with Gasteiger partial charge < -0.3 is 13.8 Å². The molecule has 0 aliphatic heterocycles. The van der Waals surface area contributed by atoms with Gasteiger partial charge in [0.2, 0.25) is 22.4 Å². The Morgan fingerprint density at radius 3 is 1.62 bits per heavy atom. The van der Waals surface area contributed by atoms with Crippen LogP contribution in [0.3, 0.4) is 0 Å². The summed E-state index contributed by atoms with van der Waals surface area (Å²) < 4.78 is 63.7. The molecular weight excluding hydrogens is 495 g/mol. The summed E-state index contributed by atoms with van der Waals surface area (Å²) in [5, 5.41) is -0.502. The van der Waals surface area contributed by atoms with Gasteiger partial charge in [-0.1, -0.05) is 65.8 Å². The predicted molar refractivity (Wildman–Crippen MR) is 156 cm³/mol. The van der Waals surface area contributed by atoms with Crippen molar-refractivity contribution in [1.82, 2.24) is 4.98 Å². The molecule has 0 atom stereocenters. The fourth-order valence-electron chi connectivity index (χ4n) is 2.90. The van der Waals surface area contributed by atoms with E-state index in [0.717, 1.165) is 12.1 Å². The number of carbonyl (C=O) groups excluding carboxylic acids is 2. The number of aromatic nitrogens is 1. The van der Waals surface area contributed by atoms with Gasteiger partial charge in [-0.25, -0.2) is 0 Å². The molecule has 7 heteroatoms. The lowest BCUT2D eigenvalue weighted by Gasteiger charge is -2.36. The topological polar surface area (TPSA) is 68.4 Å². The third-order valence-electron chi connectivity index (χ3n) is 7.32. The van der Waals surface area contributed by atoms with Crippen molar-refractivity contribution in [2.75, 3.05) is 0 Å². The zero-order chi connectivity index (χ0) is 33.0. The lowest BCUT2D eigenvalue weighted by molar-refractivity contribution is 0.100. The van der Waals surface area contributed by atoms with E-state index in [1.807, 2.05) is 67.7 Å². The van der Waals surface area contributed by atoms with Crippen molar-refractivity contribution in [1.29, 1.82) is 0 Å². The highest BCUT2D eigenvalue weighted by Gasteiger charge is 2.40. The van der Waals surface area contributed by atoms with Crippen molar-refractivity contribution >= 4 is 28.2 Å². The first-order valence-corrected chi connectivity index (χ1v) is 18.1. The number of hydrogen-bond acceptors (Lipinski definition) is 4. The van der Waals surface area contributed by atoms with Crippen LogP contribution in [-0.4, -0.2) is 33.2 Å². The van der Waals surface area contributed by atoms with Gasteiger partial charge in [0.05, 0.1) is 19.5 Å². The van der Waals surface area contributed by atoms with E-state index in [4.69, 9.17) is 17.1 Å². The second-order valence-electron chi connectivity index (χ2n) is 12.2. The van der Waals surface area contributed by atoms with Crippen molar-refractivity contribution < 1.29 is 26.7 Å². The molecule has 0 aliphatic carbocycles. The zero-order valence-electron chi connectivity index (χ0n) is 29.4. The fourth-order valence-corrected chi connectivity index (χ4v) is 4.75. The Morgan fingerprint density at radius 1 is 0.757 bits per heavy atom. The van der Waals surface area contributed by atoms with Gasteiger partial charge >= 0.3 is 0 Å². The average Bonchev–Trinajstić information content (AvgIpc) is 3.33. The summed E-state index contributed by atoms with van der Waals surface area (Å²) in [7, 11) is -5.03. The number of benzene rings is 2. The standard InChI is InChI=1S/C30H41NO4Si2/c1-29(2,3)36(7,8)34-23-15-11-13-21(19-23)27(32)25-17-18-31-26(25)28(33)22-14-12-16-24(20-22)35-37(9,10)30(4,5)6/h11-20,31H,1-10H3/i13D,14D,15D,16D,19D,20D. The molecule has 0 saturated heterocycles. The van der Waals surface area contributed by atoms with Crippen molar-refractivity contribution in [3.05, 3.63) is 83.0 Å². The normalized spacial score (nSPS) is 15.1. The van der Waals surface area contributed by atoms with Gasteiger partial charge in [0.1, 0.15) is 11.5 Å². The van der Waals surface area contributed by atoms with Gasteiger partial charge in [0.25, 0.3) is 0 Å². The largest absolute Gasteiger partial charge is 0.543 e. The highest BCUT2D eigenvalue weighted by atomic mass is 28.4. The van der Waals surface area contributed by atoms with Gasteiger partial charge in [0.15, 0.2) is 5.78 Å². The molecule has 2 aromatic carbocycles. The predicted octanol–water partition coefficient (Wildman–Crippen LogP) is 8.24. The lowest BCUT2D eigenvalue weighted by atomic mass is 9.99. The molecule has 0 radical (unpaired) electrons. The van der Waals surface area contributed by atoms with E-state index < -0.39 is 40.3 Å². The maximum absolute atomic E-state index is 13.9. The van der Waals surface area contributed by atoms with E-state index in [0.29, 0.717) is 0 Å². The molecule has 0 fully saturated rings. The summed E-state index contributed by atoms with van der Waals surface area (Å²) in [5.74, 6) is -1.80. The van der Waals surface area contributed by atoms with Crippen LogP contribution in [0.2, 0.25) is 36.3 Å². The first-order valence-electron chi connectivity index (χ1n) is 15.3. The molecule has 3 rings (SSSR count). The average molecular weight is 542 g/mol. The molecule has 198 valence electrons. The third kappa shape index (κ3) is 6.33. The van der Waals surface area contributed by atoms with Crippen LogP contribution in [0.25, 0.3) is 0 Å². The van der Waals surface area contributed by atoms with E-state index in [1.165, 1.54) is 12.3 Å². The van der Waals surface area contributed by atoms with Crippen LogP contribution in [0.1, 0.15) is 81.7 Å². The van der Waals surface area contributed by atoms with E-state index in [-0.39, 0.29) is 68.1 Å². The molecule has 0 amide bonds. The molecule has 0 bridgehead atoms. The Balaban J connectivity index is 2.14. The molecule has 37 heavy (non-hydrogen) atoms. The lowest BCUT2D eigenvalue weighted by Crippen LogP contribution is -2.43. The number of ketones is 2. The van der Waals surface area contributed by atoms with Gasteiger partial charge in [-0.3, -0.25) is 9.59 Å².